The molecule has 2 atom stereocenters. The number of halogens is 2. The molecule has 2 unspecified atom stereocenters. The predicted octanol–water partition coefficient (Wildman–Crippen LogP) is 5.00. The summed E-state index contributed by atoms with van der Waals surface area (Å²) in [5, 5.41) is 2.61. The minimum absolute atomic E-state index is 0.0175. The minimum atomic E-state index is -0.739. The lowest BCUT2D eigenvalue weighted by Crippen LogP contribution is -2.52. The van der Waals surface area contributed by atoms with Gasteiger partial charge in [-0.05, 0) is 54.3 Å². The summed E-state index contributed by atoms with van der Waals surface area (Å²) in [5.41, 5.74) is 2.03. The van der Waals surface area contributed by atoms with Crippen LogP contribution in [0, 0.1) is 11.6 Å². The molecule has 37 heavy (non-hydrogen) atoms. The molecule has 5 nitrogen and oxygen atoms in total. The van der Waals surface area contributed by atoms with Crippen molar-refractivity contribution in [1.82, 2.24) is 15.1 Å². The molecule has 0 aliphatic carbocycles. The Kier molecular flexibility index (Phi) is 7.86. The number of likely N-dealkylation sites (tertiary alicyclic amines) is 1. The molecule has 0 bridgehead atoms. The summed E-state index contributed by atoms with van der Waals surface area (Å²) >= 11 is 1.42. The largest absolute Gasteiger partial charge is 0.351 e. The molecule has 8 heteroatoms. The number of carbonyl (C=O) groups is 2. The highest BCUT2D eigenvalue weighted by Crippen LogP contribution is 2.42. The number of amides is 2. The fourth-order valence-corrected chi connectivity index (χ4v) is 6.44. The second-order valence-corrected chi connectivity index (χ2v) is 10.6. The van der Waals surface area contributed by atoms with E-state index >= 15 is 0 Å². The van der Waals surface area contributed by atoms with Crippen LogP contribution in [0.5, 0.6) is 0 Å². The van der Waals surface area contributed by atoms with Gasteiger partial charge in [0.25, 0.3) is 5.91 Å². The van der Waals surface area contributed by atoms with E-state index in [2.05, 4.69) is 22.3 Å². The molecule has 2 fully saturated rings. The Bertz CT molecular complexity index is 1250. The number of carbonyl (C=O) groups excluding carboxylic acids is 2. The Labute approximate surface area is 219 Å². The van der Waals surface area contributed by atoms with Gasteiger partial charge in [-0.25, -0.2) is 8.78 Å². The van der Waals surface area contributed by atoms with Gasteiger partial charge in [0, 0.05) is 37.0 Å². The number of hydrogen-bond acceptors (Lipinski definition) is 4. The van der Waals surface area contributed by atoms with Crippen molar-refractivity contribution >= 4 is 23.6 Å². The lowest BCUT2D eigenvalue weighted by atomic mass is 10.0. The number of hydrogen-bond donors (Lipinski definition) is 1. The maximum atomic E-state index is 14.0. The smallest absolute Gasteiger partial charge is 0.255 e. The van der Waals surface area contributed by atoms with Crippen molar-refractivity contribution in [3.8, 4) is 0 Å². The molecular formula is C29H29F2N3O2S. The first-order valence-corrected chi connectivity index (χ1v) is 13.5. The van der Waals surface area contributed by atoms with E-state index in [-0.39, 0.29) is 17.5 Å². The van der Waals surface area contributed by atoms with Crippen LogP contribution >= 0.6 is 11.8 Å². The fourth-order valence-electron chi connectivity index (χ4n) is 5.02. The lowest BCUT2D eigenvalue weighted by molar-refractivity contribution is -0.125. The summed E-state index contributed by atoms with van der Waals surface area (Å²) in [6, 6.07) is 21.1. The van der Waals surface area contributed by atoms with Gasteiger partial charge in [-0.15, -0.1) is 11.8 Å². The van der Waals surface area contributed by atoms with Crippen molar-refractivity contribution in [1.29, 1.82) is 0 Å². The monoisotopic (exact) mass is 521 g/mol. The van der Waals surface area contributed by atoms with Crippen LogP contribution in [0.4, 0.5) is 8.78 Å². The fraction of sp³-hybridized carbons (Fsp3) is 0.310. The quantitative estimate of drug-likeness (QED) is 0.496. The molecule has 1 N–H and O–H groups in total. The third kappa shape index (κ3) is 6.02. The van der Waals surface area contributed by atoms with Crippen molar-refractivity contribution < 1.29 is 18.4 Å². The standard InChI is InChI=1S/C29H29F2N3O2S/c30-23-10-4-8-21(16-23)28(36)34-26(19-37-29(34)22-9-5-11-24(31)17-22)27(35)32-25-12-14-33(15-13-25)18-20-6-2-1-3-7-20/h1-11,16-17,25-26,29H,12-15,18-19H2,(H,32,35). The molecular weight excluding hydrogens is 492 g/mol. The minimum Gasteiger partial charge on any atom is -0.351 e. The molecule has 0 radical (unpaired) electrons. The molecule has 3 aromatic carbocycles. The van der Waals surface area contributed by atoms with Gasteiger partial charge in [0.05, 0.1) is 0 Å². The summed E-state index contributed by atoms with van der Waals surface area (Å²) in [4.78, 5) is 30.9. The molecule has 5 rings (SSSR count). The molecule has 2 saturated heterocycles. The maximum absolute atomic E-state index is 14.0. The SMILES string of the molecule is O=C(NC1CCN(Cc2ccccc2)CC1)C1CSC(c2cccc(F)c2)N1C(=O)c1cccc(F)c1. The van der Waals surface area contributed by atoms with Crippen molar-refractivity contribution in [2.45, 2.75) is 36.8 Å². The second-order valence-electron chi connectivity index (χ2n) is 9.52. The van der Waals surface area contributed by atoms with E-state index < -0.39 is 29.0 Å². The number of nitrogens with zero attached hydrogens (tertiary/aromatic N) is 2. The summed E-state index contributed by atoms with van der Waals surface area (Å²) in [6.45, 7) is 2.63. The zero-order valence-corrected chi connectivity index (χ0v) is 21.2. The maximum Gasteiger partial charge on any atom is 0.255 e. The first-order chi connectivity index (χ1) is 18.0. The zero-order valence-electron chi connectivity index (χ0n) is 20.4. The molecule has 3 aromatic rings. The number of piperidine rings is 1. The Morgan fingerprint density at radius 1 is 0.892 bits per heavy atom. The van der Waals surface area contributed by atoms with Gasteiger partial charge >= 0.3 is 0 Å². The van der Waals surface area contributed by atoms with Crippen LogP contribution in [0.1, 0.15) is 39.7 Å². The Morgan fingerprint density at radius 2 is 1.59 bits per heavy atom. The number of rotatable bonds is 6. The van der Waals surface area contributed by atoms with Crippen LogP contribution in [0.15, 0.2) is 78.9 Å². The van der Waals surface area contributed by atoms with Crippen LogP contribution in [0.2, 0.25) is 0 Å². The van der Waals surface area contributed by atoms with E-state index in [9.17, 15) is 18.4 Å². The van der Waals surface area contributed by atoms with Crippen molar-refractivity contribution in [2.24, 2.45) is 0 Å². The average Bonchev–Trinajstić information content (AvgIpc) is 3.35. The van der Waals surface area contributed by atoms with Crippen LogP contribution < -0.4 is 5.32 Å². The van der Waals surface area contributed by atoms with Crippen LogP contribution in [-0.4, -0.2) is 52.5 Å². The Hall–Kier alpha value is -3.23. The highest BCUT2D eigenvalue weighted by atomic mass is 32.2. The van der Waals surface area contributed by atoms with E-state index in [0.717, 1.165) is 32.5 Å². The Balaban J connectivity index is 1.28. The topological polar surface area (TPSA) is 52.7 Å². The Morgan fingerprint density at radius 3 is 2.30 bits per heavy atom. The number of thioether (sulfide) groups is 1. The predicted molar refractivity (Wildman–Crippen MR) is 141 cm³/mol. The summed E-state index contributed by atoms with van der Waals surface area (Å²) in [6.07, 6.45) is 1.65. The number of benzene rings is 3. The van der Waals surface area contributed by atoms with E-state index in [1.54, 1.807) is 12.1 Å². The van der Waals surface area contributed by atoms with Gasteiger partial charge in [0.15, 0.2) is 0 Å². The van der Waals surface area contributed by atoms with Crippen LogP contribution in [0.3, 0.4) is 0 Å². The van der Waals surface area contributed by atoms with Crippen molar-refractivity contribution in [3.05, 3.63) is 107 Å². The highest BCUT2D eigenvalue weighted by Gasteiger charge is 2.43. The number of nitrogens with one attached hydrogen (secondary N) is 1. The van der Waals surface area contributed by atoms with Gasteiger partial charge in [0.1, 0.15) is 23.1 Å². The van der Waals surface area contributed by atoms with E-state index in [0.29, 0.717) is 11.3 Å². The summed E-state index contributed by atoms with van der Waals surface area (Å²) < 4.78 is 27.9. The molecule has 2 aliphatic rings. The average molecular weight is 522 g/mol. The van der Waals surface area contributed by atoms with E-state index in [4.69, 9.17) is 0 Å². The zero-order chi connectivity index (χ0) is 25.8. The molecule has 2 heterocycles. The lowest BCUT2D eigenvalue weighted by Gasteiger charge is -2.34. The van der Waals surface area contributed by atoms with Gasteiger partial charge in [-0.1, -0.05) is 48.5 Å². The highest BCUT2D eigenvalue weighted by molar-refractivity contribution is 7.99. The molecule has 0 saturated carbocycles. The van der Waals surface area contributed by atoms with Crippen molar-refractivity contribution in [3.63, 3.8) is 0 Å². The molecule has 0 aromatic heterocycles. The van der Waals surface area contributed by atoms with Gasteiger partial charge < -0.3 is 10.2 Å². The molecule has 2 aliphatic heterocycles. The summed E-state index contributed by atoms with van der Waals surface area (Å²) in [7, 11) is 0. The first kappa shape index (κ1) is 25.4. The van der Waals surface area contributed by atoms with Crippen LogP contribution in [-0.2, 0) is 11.3 Å². The van der Waals surface area contributed by atoms with E-state index in [1.165, 1.54) is 58.6 Å². The van der Waals surface area contributed by atoms with E-state index in [1.807, 2.05) is 18.2 Å². The summed E-state index contributed by atoms with van der Waals surface area (Å²) in [5.74, 6) is -1.23. The molecule has 2 amide bonds. The van der Waals surface area contributed by atoms with Crippen molar-refractivity contribution in [2.75, 3.05) is 18.8 Å². The van der Waals surface area contributed by atoms with Crippen LogP contribution in [0.25, 0.3) is 0 Å². The third-order valence-corrected chi connectivity index (χ3v) is 8.25. The third-order valence-electron chi connectivity index (χ3n) is 6.93. The molecule has 0 spiro atoms. The van der Waals surface area contributed by atoms with Gasteiger partial charge in [-0.2, -0.15) is 0 Å². The van der Waals surface area contributed by atoms with Gasteiger partial charge in [0.2, 0.25) is 5.91 Å². The normalized spacial score (nSPS) is 20.6. The second kappa shape index (κ2) is 11.4. The molecule has 192 valence electrons. The van der Waals surface area contributed by atoms with Gasteiger partial charge in [-0.3, -0.25) is 14.5 Å². The first-order valence-electron chi connectivity index (χ1n) is 12.5.